The summed E-state index contributed by atoms with van der Waals surface area (Å²) in [6.45, 7) is 0. The summed E-state index contributed by atoms with van der Waals surface area (Å²) < 4.78 is 40.1. The molecule has 0 radical (unpaired) electrons. The highest BCUT2D eigenvalue weighted by Gasteiger charge is 2.31. The molecule has 0 bridgehead atoms. The molecule has 3 aromatic rings. The van der Waals surface area contributed by atoms with E-state index in [2.05, 4.69) is 15.6 Å². The maximum absolute atomic E-state index is 12.8. The van der Waals surface area contributed by atoms with E-state index < -0.39 is 17.6 Å². The highest BCUT2D eigenvalue weighted by molar-refractivity contribution is 6.04. The lowest BCUT2D eigenvalue weighted by Crippen LogP contribution is -2.13. The molecule has 9 heteroatoms. The number of amides is 2. The predicted octanol–water partition coefficient (Wildman–Crippen LogP) is 4.49. The molecule has 2 amide bonds. The third kappa shape index (κ3) is 4.51. The number of benzene rings is 2. The Kier molecular flexibility index (Phi) is 5.03. The van der Waals surface area contributed by atoms with Crippen LogP contribution in [0.5, 0.6) is 0 Å². The van der Waals surface area contributed by atoms with E-state index in [4.69, 9.17) is 0 Å². The van der Waals surface area contributed by atoms with Gasteiger partial charge in [-0.05, 0) is 55.3 Å². The Morgan fingerprint density at radius 3 is 2.43 bits per heavy atom. The Morgan fingerprint density at radius 2 is 1.77 bits per heavy atom. The fraction of sp³-hybridized carbons (Fsp3) is 0.190. The van der Waals surface area contributed by atoms with Crippen molar-refractivity contribution >= 4 is 23.3 Å². The Bertz CT molecular complexity index is 1090. The molecule has 0 atom stereocenters. The summed E-state index contributed by atoms with van der Waals surface area (Å²) in [4.78, 5) is 28.3. The first kappa shape index (κ1) is 19.7. The van der Waals surface area contributed by atoms with Gasteiger partial charge in [-0.15, -0.1) is 0 Å². The molecule has 1 saturated carbocycles. The molecule has 1 aliphatic rings. The zero-order valence-electron chi connectivity index (χ0n) is 15.6. The van der Waals surface area contributed by atoms with Gasteiger partial charge in [-0.2, -0.15) is 13.2 Å². The SMILES string of the molecule is O=C(Nc1cccc(C(F)(F)F)c1)c1ccc(-n2cnc(NC(=O)C3CC3)c2)cc1. The van der Waals surface area contributed by atoms with E-state index in [1.165, 1.54) is 12.1 Å². The van der Waals surface area contributed by atoms with Gasteiger partial charge in [-0.25, -0.2) is 4.98 Å². The maximum Gasteiger partial charge on any atom is 0.416 e. The summed E-state index contributed by atoms with van der Waals surface area (Å²) in [7, 11) is 0. The first-order valence-corrected chi connectivity index (χ1v) is 9.23. The van der Waals surface area contributed by atoms with Crippen molar-refractivity contribution < 1.29 is 22.8 Å². The lowest BCUT2D eigenvalue weighted by Gasteiger charge is -2.10. The van der Waals surface area contributed by atoms with Gasteiger partial charge >= 0.3 is 6.18 Å². The minimum Gasteiger partial charge on any atom is -0.322 e. The van der Waals surface area contributed by atoms with Crippen LogP contribution in [0, 0.1) is 5.92 Å². The van der Waals surface area contributed by atoms with E-state index in [-0.39, 0.29) is 17.5 Å². The Balaban J connectivity index is 1.42. The topological polar surface area (TPSA) is 76.0 Å². The van der Waals surface area contributed by atoms with Gasteiger partial charge in [0.2, 0.25) is 5.91 Å². The summed E-state index contributed by atoms with van der Waals surface area (Å²) in [6.07, 6.45) is 0.523. The number of halogens is 3. The molecular formula is C21H17F3N4O2. The van der Waals surface area contributed by atoms with Gasteiger partial charge < -0.3 is 15.2 Å². The second-order valence-electron chi connectivity index (χ2n) is 7.01. The second kappa shape index (κ2) is 7.66. The van der Waals surface area contributed by atoms with Gasteiger partial charge in [0.25, 0.3) is 5.91 Å². The number of aromatic nitrogens is 2. The van der Waals surface area contributed by atoms with Crippen LogP contribution in [0.2, 0.25) is 0 Å². The van der Waals surface area contributed by atoms with Crippen molar-refractivity contribution in [2.24, 2.45) is 5.92 Å². The molecule has 30 heavy (non-hydrogen) atoms. The Morgan fingerprint density at radius 1 is 1.03 bits per heavy atom. The monoisotopic (exact) mass is 414 g/mol. The zero-order valence-corrected chi connectivity index (χ0v) is 15.6. The zero-order chi connectivity index (χ0) is 21.3. The first-order chi connectivity index (χ1) is 14.3. The van der Waals surface area contributed by atoms with Crippen LogP contribution in [0.3, 0.4) is 0 Å². The number of alkyl halides is 3. The van der Waals surface area contributed by atoms with E-state index >= 15 is 0 Å². The van der Waals surface area contributed by atoms with Crippen molar-refractivity contribution in [2.45, 2.75) is 19.0 Å². The summed E-state index contributed by atoms with van der Waals surface area (Å²) in [6, 6.07) is 10.9. The fourth-order valence-electron chi connectivity index (χ4n) is 2.86. The van der Waals surface area contributed by atoms with Crippen LogP contribution in [0.4, 0.5) is 24.7 Å². The first-order valence-electron chi connectivity index (χ1n) is 9.23. The van der Waals surface area contributed by atoms with Crippen molar-refractivity contribution in [3.63, 3.8) is 0 Å². The lowest BCUT2D eigenvalue weighted by atomic mass is 10.1. The van der Waals surface area contributed by atoms with Gasteiger partial charge in [0.15, 0.2) is 5.82 Å². The largest absolute Gasteiger partial charge is 0.416 e. The number of hydrogen-bond acceptors (Lipinski definition) is 3. The van der Waals surface area contributed by atoms with E-state index in [0.29, 0.717) is 17.1 Å². The summed E-state index contributed by atoms with van der Waals surface area (Å²) in [5.41, 5.74) is 0.230. The standard InChI is InChI=1S/C21H17F3N4O2/c22-21(23,24)15-2-1-3-16(10-15)26-19(29)14-6-8-17(9-7-14)28-11-18(25-12-28)27-20(30)13-4-5-13/h1-3,6-13H,4-5H2,(H,26,29)(H,27,30). The second-order valence-corrected chi connectivity index (χ2v) is 7.01. The van der Waals surface area contributed by atoms with Gasteiger partial charge in [0, 0.05) is 22.9 Å². The number of nitrogens with zero attached hydrogens (tertiary/aromatic N) is 2. The average molecular weight is 414 g/mol. The molecule has 1 heterocycles. The molecule has 0 aliphatic heterocycles. The number of imidazole rings is 1. The van der Waals surface area contributed by atoms with Crippen LogP contribution in [-0.2, 0) is 11.0 Å². The molecule has 4 rings (SSSR count). The molecule has 6 nitrogen and oxygen atoms in total. The predicted molar refractivity (Wildman–Crippen MR) is 104 cm³/mol. The van der Waals surface area contributed by atoms with Crippen LogP contribution in [0.1, 0.15) is 28.8 Å². The van der Waals surface area contributed by atoms with Gasteiger partial charge in [0.05, 0.1) is 11.8 Å². The van der Waals surface area contributed by atoms with Crippen molar-refractivity contribution in [1.82, 2.24) is 9.55 Å². The molecule has 1 fully saturated rings. The molecule has 1 aliphatic carbocycles. The Labute approximate surface area is 169 Å². The number of hydrogen-bond donors (Lipinski definition) is 2. The van der Waals surface area contributed by atoms with Crippen molar-refractivity contribution in [3.8, 4) is 5.69 Å². The van der Waals surface area contributed by atoms with Crippen molar-refractivity contribution in [1.29, 1.82) is 0 Å². The molecule has 2 N–H and O–H groups in total. The highest BCUT2D eigenvalue weighted by Crippen LogP contribution is 2.31. The third-order valence-corrected chi connectivity index (χ3v) is 4.66. The molecule has 0 saturated heterocycles. The van der Waals surface area contributed by atoms with Crippen molar-refractivity contribution in [3.05, 3.63) is 72.2 Å². The number of carbonyl (C=O) groups is 2. The van der Waals surface area contributed by atoms with Crippen LogP contribution >= 0.6 is 0 Å². The fourth-order valence-corrected chi connectivity index (χ4v) is 2.86. The minimum atomic E-state index is -4.48. The van der Waals surface area contributed by atoms with Gasteiger partial charge in [-0.3, -0.25) is 9.59 Å². The highest BCUT2D eigenvalue weighted by atomic mass is 19.4. The van der Waals surface area contributed by atoms with Crippen LogP contribution in [0.15, 0.2) is 61.1 Å². The molecular weight excluding hydrogens is 397 g/mol. The lowest BCUT2D eigenvalue weighted by molar-refractivity contribution is -0.137. The number of carbonyl (C=O) groups excluding carboxylic acids is 2. The van der Waals surface area contributed by atoms with Gasteiger partial charge in [-0.1, -0.05) is 6.07 Å². The Hall–Kier alpha value is -3.62. The molecule has 154 valence electrons. The van der Waals surface area contributed by atoms with Gasteiger partial charge in [0.1, 0.15) is 6.33 Å². The number of rotatable bonds is 5. The van der Waals surface area contributed by atoms with Crippen LogP contribution in [-0.4, -0.2) is 21.4 Å². The normalized spacial score (nSPS) is 13.7. The smallest absolute Gasteiger partial charge is 0.322 e. The summed E-state index contributed by atoms with van der Waals surface area (Å²) in [5.74, 6) is -0.0474. The number of nitrogens with one attached hydrogen (secondary N) is 2. The summed E-state index contributed by atoms with van der Waals surface area (Å²) >= 11 is 0. The van der Waals surface area contributed by atoms with E-state index in [1.807, 2.05) is 0 Å². The average Bonchev–Trinajstić information content (AvgIpc) is 3.47. The van der Waals surface area contributed by atoms with Crippen LogP contribution in [0.25, 0.3) is 5.69 Å². The molecule has 0 spiro atoms. The van der Waals surface area contributed by atoms with Crippen molar-refractivity contribution in [2.75, 3.05) is 10.6 Å². The van der Waals surface area contributed by atoms with E-state index in [1.54, 1.807) is 41.4 Å². The molecule has 1 aromatic heterocycles. The third-order valence-electron chi connectivity index (χ3n) is 4.66. The number of anilines is 2. The van der Waals surface area contributed by atoms with Crippen LogP contribution < -0.4 is 10.6 Å². The molecule has 0 unspecified atom stereocenters. The molecule has 2 aromatic carbocycles. The minimum absolute atomic E-state index is 0.0399. The summed E-state index contributed by atoms with van der Waals surface area (Å²) in [5, 5.41) is 5.22. The maximum atomic E-state index is 12.8. The quantitative estimate of drug-likeness (QED) is 0.646. The van der Waals surface area contributed by atoms with E-state index in [9.17, 15) is 22.8 Å². The van der Waals surface area contributed by atoms with E-state index in [0.717, 1.165) is 25.0 Å².